The average Bonchev–Trinajstić information content (AvgIpc) is 2.80. The van der Waals surface area contributed by atoms with E-state index in [4.69, 9.17) is 23.2 Å². The molecule has 1 aromatic heterocycles. The van der Waals surface area contributed by atoms with Gasteiger partial charge in [0, 0.05) is 22.8 Å². The summed E-state index contributed by atoms with van der Waals surface area (Å²) < 4.78 is 1.25. The molecule has 6 heteroatoms. The largest absolute Gasteiger partial charge is 0.365 e. The zero-order valence-corrected chi connectivity index (χ0v) is 13.8. The molecule has 0 fully saturated rings. The lowest BCUT2D eigenvalue weighted by atomic mass is 10.2. The molecule has 2 nitrogen and oxygen atoms in total. The van der Waals surface area contributed by atoms with Crippen molar-refractivity contribution in [3.05, 3.63) is 39.5 Å². The van der Waals surface area contributed by atoms with Gasteiger partial charge in [0.15, 0.2) is 5.13 Å². The Morgan fingerprint density at radius 1 is 1.37 bits per heavy atom. The van der Waals surface area contributed by atoms with Crippen molar-refractivity contribution >= 4 is 51.4 Å². The van der Waals surface area contributed by atoms with Crippen molar-refractivity contribution in [2.75, 3.05) is 12.4 Å². The number of thioether (sulfide) groups is 1. The van der Waals surface area contributed by atoms with Crippen LogP contribution in [0.25, 0.3) is 0 Å². The fraction of sp³-hybridized carbons (Fsp3) is 0.308. The van der Waals surface area contributed by atoms with Gasteiger partial charge in [0.25, 0.3) is 0 Å². The summed E-state index contributed by atoms with van der Waals surface area (Å²) in [6.07, 6.45) is 0.939. The van der Waals surface area contributed by atoms with Crippen LogP contribution < -0.4 is 5.32 Å². The van der Waals surface area contributed by atoms with Crippen LogP contribution in [-0.4, -0.2) is 12.0 Å². The highest BCUT2D eigenvalue weighted by atomic mass is 35.5. The first-order valence-electron chi connectivity index (χ1n) is 5.88. The van der Waals surface area contributed by atoms with E-state index < -0.39 is 0 Å². The molecule has 0 bridgehead atoms. The van der Waals surface area contributed by atoms with Gasteiger partial charge in [-0.15, -0.1) is 11.8 Å². The number of hydrogen-bond acceptors (Lipinski definition) is 4. The fourth-order valence-corrected chi connectivity index (χ4v) is 4.40. The first-order valence-corrected chi connectivity index (χ1v) is 8.44. The molecule has 0 aliphatic carbocycles. The van der Waals surface area contributed by atoms with Crippen molar-refractivity contribution in [1.29, 1.82) is 0 Å². The van der Waals surface area contributed by atoms with Gasteiger partial charge in [0.05, 0.1) is 9.90 Å². The summed E-state index contributed by atoms with van der Waals surface area (Å²) in [4.78, 5) is 4.53. The van der Waals surface area contributed by atoms with Crippen LogP contribution in [0.3, 0.4) is 0 Å². The first kappa shape index (κ1) is 15.0. The Morgan fingerprint density at radius 3 is 2.79 bits per heavy atom. The van der Waals surface area contributed by atoms with Crippen LogP contribution in [-0.2, 0) is 12.2 Å². The van der Waals surface area contributed by atoms with Gasteiger partial charge in [-0.05, 0) is 24.1 Å². The highest BCUT2D eigenvalue weighted by Gasteiger charge is 2.10. The predicted octanol–water partition coefficient (Wildman–Crippen LogP) is 5.35. The second kappa shape index (κ2) is 6.84. The number of thiazole rings is 1. The summed E-state index contributed by atoms with van der Waals surface area (Å²) in [6.45, 7) is 2.12. The second-order valence-corrected chi connectivity index (χ2v) is 6.97. The Hall–Kier alpha value is -0.420. The maximum atomic E-state index is 6.18. The lowest BCUT2D eigenvalue weighted by Gasteiger charge is -2.04. The number of benzene rings is 1. The van der Waals surface area contributed by atoms with Gasteiger partial charge in [-0.25, -0.2) is 4.98 Å². The third-order valence-electron chi connectivity index (χ3n) is 2.58. The van der Waals surface area contributed by atoms with Crippen molar-refractivity contribution in [1.82, 2.24) is 4.98 Å². The molecule has 102 valence electrons. The summed E-state index contributed by atoms with van der Waals surface area (Å²) in [5, 5.41) is 5.44. The molecule has 1 heterocycles. The van der Waals surface area contributed by atoms with Gasteiger partial charge in [0.1, 0.15) is 0 Å². The van der Waals surface area contributed by atoms with Gasteiger partial charge in [-0.3, -0.25) is 0 Å². The minimum absolute atomic E-state index is 0.670. The maximum absolute atomic E-state index is 6.18. The Kier molecular flexibility index (Phi) is 5.39. The van der Waals surface area contributed by atoms with Crippen LogP contribution in [0.15, 0.2) is 22.4 Å². The number of nitrogens with zero attached hydrogens (tertiary/aromatic N) is 1. The van der Waals surface area contributed by atoms with E-state index in [1.165, 1.54) is 4.21 Å². The van der Waals surface area contributed by atoms with Gasteiger partial charge in [0.2, 0.25) is 0 Å². The summed E-state index contributed by atoms with van der Waals surface area (Å²) in [5.41, 5.74) is 2.24. The van der Waals surface area contributed by atoms with E-state index in [1.807, 2.05) is 19.2 Å². The van der Waals surface area contributed by atoms with Gasteiger partial charge in [-0.1, -0.05) is 47.5 Å². The number of hydrogen-bond donors (Lipinski definition) is 1. The molecule has 0 aliphatic rings. The van der Waals surface area contributed by atoms with E-state index in [9.17, 15) is 0 Å². The van der Waals surface area contributed by atoms with E-state index in [-0.39, 0.29) is 0 Å². The minimum Gasteiger partial charge on any atom is -0.365 e. The van der Waals surface area contributed by atoms with Crippen LogP contribution in [0.4, 0.5) is 5.13 Å². The van der Waals surface area contributed by atoms with E-state index in [0.29, 0.717) is 5.02 Å². The lowest BCUT2D eigenvalue weighted by molar-refractivity contribution is 1.03. The van der Waals surface area contributed by atoms with E-state index in [2.05, 4.69) is 17.2 Å². The predicted molar refractivity (Wildman–Crippen MR) is 87.1 cm³/mol. The SMILES string of the molecule is CCc1nc(NC)sc1SCc1ccc(Cl)cc1Cl. The summed E-state index contributed by atoms with van der Waals surface area (Å²) in [5.74, 6) is 0.828. The molecule has 0 saturated carbocycles. The van der Waals surface area contributed by atoms with Gasteiger partial charge < -0.3 is 5.32 Å². The maximum Gasteiger partial charge on any atom is 0.183 e. The molecule has 1 N–H and O–H groups in total. The Balaban J connectivity index is 2.11. The molecule has 1 aromatic carbocycles. The molecule has 19 heavy (non-hydrogen) atoms. The van der Waals surface area contributed by atoms with Crippen molar-refractivity contribution < 1.29 is 0 Å². The quantitative estimate of drug-likeness (QED) is 0.747. The van der Waals surface area contributed by atoms with E-state index >= 15 is 0 Å². The van der Waals surface area contributed by atoms with Crippen LogP contribution in [0, 0.1) is 0 Å². The monoisotopic (exact) mass is 332 g/mol. The number of rotatable bonds is 5. The van der Waals surface area contributed by atoms with Gasteiger partial charge in [-0.2, -0.15) is 0 Å². The first-order chi connectivity index (χ1) is 9.13. The number of aryl methyl sites for hydroxylation is 1. The molecule has 0 unspecified atom stereocenters. The normalized spacial score (nSPS) is 10.7. The third kappa shape index (κ3) is 3.78. The Labute approximate surface area is 131 Å². The molecule has 0 spiro atoms. The van der Waals surface area contributed by atoms with Crippen molar-refractivity contribution in [3.63, 3.8) is 0 Å². The van der Waals surface area contributed by atoms with Gasteiger partial charge >= 0.3 is 0 Å². The van der Waals surface area contributed by atoms with Crippen molar-refractivity contribution in [3.8, 4) is 0 Å². The zero-order valence-electron chi connectivity index (χ0n) is 10.7. The summed E-state index contributed by atoms with van der Waals surface area (Å²) >= 11 is 15.5. The highest BCUT2D eigenvalue weighted by molar-refractivity contribution is 8.00. The number of nitrogens with one attached hydrogen (secondary N) is 1. The third-order valence-corrected chi connectivity index (χ3v) is 5.64. The van der Waals surface area contributed by atoms with E-state index in [1.54, 1.807) is 29.2 Å². The smallest absolute Gasteiger partial charge is 0.183 e. The molecule has 0 amide bonds. The number of anilines is 1. The fourth-order valence-electron chi connectivity index (χ4n) is 1.56. The second-order valence-electron chi connectivity index (χ2n) is 3.88. The van der Waals surface area contributed by atoms with E-state index in [0.717, 1.165) is 33.6 Å². The standard InChI is InChI=1S/C13H14Cl2N2S2/c1-3-11-12(19-13(16-2)17-11)18-7-8-4-5-9(14)6-10(8)15/h4-6H,3,7H2,1-2H3,(H,16,17). The molecule has 2 rings (SSSR count). The molecule has 0 atom stereocenters. The lowest BCUT2D eigenvalue weighted by Crippen LogP contribution is -1.87. The molecule has 2 aromatic rings. The molecular weight excluding hydrogens is 319 g/mol. The zero-order chi connectivity index (χ0) is 13.8. The average molecular weight is 333 g/mol. The highest BCUT2D eigenvalue weighted by Crippen LogP contribution is 2.36. The van der Waals surface area contributed by atoms with Crippen LogP contribution in [0.1, 0.15) is 18.2 Å². The topological polar surface area (TPSA) is 24.9 Å². The summed E-state index contributed by atoms with van der Waals surface area (Å²) in [6, 6.07) is 5.63. The number of halogens is 2. The Bertz CT molecular complexity index is 570. The van der Waals surface area contributed by atoms with Crippen LogP contribution in [0.2, 0.25) is 10.0 Å². The molecule has 0 saturated heterocycles. The molecular formula is C13H14Cl2N2S2. The minimum atomic E-state index is 0.670. The van der Waals surface area contributed by atoms with Crippen LogP contribution >= 0.6 is 46.3 Å². The van der Waals surface area contributed by atoms with Crippen molar-refractivity contribution in [2.24, 2.45) is 0 Å². The molecule has 0 aliphatic heterocycles. The Morgan fingerprint density at radius 2 is 2.16 bits per heavy atom. The summed E-state index contributed by atoms with van der Waals surface area (Å²) in [7, 11) is 1.89. The number of aromatic nitrogens is 1. The van der Waals surface area contributed by atoms with Crippen LogP contribution in [0.5, 0.6) is 0 Å². The van der Waals surface area contributed by atoms with Crippen molar-refractivity contribution in [2.45, 2.75) is 23.3 Å². The molecule has 0 radical (unpaired) electrons.